The number of carbonyl (C=O) groups is 1. The lowest BCUT2D eigenvalue weighted by atomic mass is 9.81. The molecule has 2 rings (SSSR count). The lowest BCUT2D eigenvalue weighted by molar-refractivity contribution is -0.151. The number of rotatable bonds is 2. The van der Waals surface area contributed by atoms with Gasteiger partial charge in [-0.2, -0.15) is 0 Å². The van der Waals surface area contributed by atoms with Crippen LogP contribution in [0.25, 0.3) is 0 Å². The van der Waals surface area contributed by atoms with Gasteiger partial charge < -0.3 is 20.1 Å². The van der Waals surface area contributed by atoms with Gasteiger partial charge >= 0.3 is 0 Å². The number of ether oxygens (including phenoxy) is 1. The van der Waals surface area contributed by atoms with Crippen molar-refractivity contribution in [2.45, 2.75) is 25.9 Å². The van der Waals surface area contributed by atoms with E-state index in [2.05, 4.69) is 5.32 Å². The maximum absolute atomic E-state index is 12.5. The smallest absolute Gasteiger partial charge is 0.229 e. The third kappa shape index (κ3) is 3.35. The number of halogens is 1. The molecular formula is C12H23ClN2O3. The van der Waals surface area contributed by atoms with E-state index in [0.717, 1.165) is 25.9 Å². The van der Waals surface area contributed by atoms with Gasteiger partial charge in [-0.25, -0.2) is 0 Å². The number of aliphatic hydroxyl groups excluding tert-OH is 1. The van der Waals surface area contributed by atoms with E-state index in [9.17, 15) is 4.79 Å². The molecule has 0 radical (unpaired) electrons. The third-order valence-corrected chi connectivity index (χ3v) is 3.74. The molecule has 0 aliphatic carbocycles. The Morgan fingerprint density at radius 3 is 3.00 bits per heavy atom. The second kappa shape index (κ2) is 6.70. The van der Waals surface area contributed by atoms with Crippen LogP contribution in [0.1, 0.15) is 19.8 Å². The highest BCUT2D eigenvalue weighted by Gasteiger charge is 2.39. The molecule has 2 heterocycles. The van der Waals surface area contributed by atoms with Crippen molar-refractivity contribution in [2.75, 3.05) is 39.4 Å². The van der Waals surface area contributed by atoms with E-state index in [-0.39, 0.29) is 36.4 Å². The molecule has 0 saturated carbocycles. The molecule has 106 valence electrons. The summed E-state index contributed by atoms with van der Waals surface area (Å²) in [6, 6.07) is 0. The molecule has 2 fully saturated rings. The first kappa shape index (κ1) is 15.7. The Labute approximate surface area is 114 Å². The zero-order chi connectivity index (χ0) is 12.3. The van der Waals surface area contributed by atoms with Crippen LogP contribution in [0.15, 0.2) is 0 Å². The van der Waals surface area contributed by atoms with Crippen LogP contribution in [0, 0.1) is 5.41 Å². The molecule has 0 spiro atoms. The number of aliphatic hydroxyl groups is 1. The number of hydrogen-bond acceptors (Lipinski definition) is 4. The second-order valence-electron chi connectivity index (χ2n) is 5.27. The van der Waals surface area contributed by atoms with Crippen LogP contribution in [-0.2, 0) is 9.53 Å². The highest BCUT2D eigenvalue weighted by atomic mass is 35.5. The monoisotopic (exact) mass is 278 g/mol. The van der Waals surface area contributed by atoms with Crippen molar-refractivity contribution >= 4 is 18.3 Å². The van der Waals surface area contributed by atoms with Crippen molar-refractivity contribution in [1.29, 1.82) is 0 Å². The fourth-order valence-electron chi connectivity index (χ4n) is 2.63. The number of amides is 1. The summed E-state index contributed by atoms with van der Waals surface area (Å²) in [6.07, 6.45) is 1.78. The van der Waals surface area contributed by atoms with E-state index < -0.39 is 0 Å². The fraction of sp³-hybridized carbons (Fsp3) is 0.917. The predicted molar refractivity (Wildman–Crippen MR) is 70.9 cm³/mol. The zero-order valence-corrected chi connectivity index (χ0v) is 11.7. The van der Waals surface area contributed by atoms with E-state index in [0.29, 0.717) is 19.7 Å². The van der Waals surface area contributed by atoms with Crippen molar-refractivity contribution in [1.82, 2.24) is 10.2 Å². The van der Waals surface area contributed by atoms with Gasteiger partial charge in [0.15, 0.2) is 0 Å². The maximum atomic E-state index is 12.5. The van der Waals surface area contributed by atoms with Gasteiger partial charge in [0.2, 0.25) is 5.91 Å². The van der Waals surface area contributed by atoms with E-state index in [1.807, 2.05) is 11.8 Å². The molecule has 0 bridgehead atoms. The molecule has 0 aromatic rings. The van der Waals surface area contributed by atoms with Crippen molar-refractivity contribution in [3.8, 4) is 0 Å². The van der Waals surface area contributed by atoms with Crippen molar-refractivity contribution in [3.05, 3.63) is 0 Å². The van der Waals surface area contributed by atoms with E-state index in [1.54, 1.807) is 0 Å². The summed E-state index contributed by atoms with van der Waals surface area (Å²) < 4.78 is 5.37. The molecule has 2 aliphatic heterocycles. The molecule has 5 nitrogen and oxygen atoms in total. The molecule has 6 heteroatoms. The van der Waals surface area contributed by atoms with Gasteiger partial charge in [-0.05, 0) is 26.3 Å². The molecule has 2 atom stereocenters. The Balaban J connectivity index is 0.00000162. The van der Waals surface area contributed by atoms with Crippen LogP contribution in [0.4, 0.5) is 0 Å². The van der Waals surface area contributed by atoms with Crippen molar-refractivity contribution in [2.24, 2.45) is 5.41 Å². The number of piperidine rings is 1. The van der Waals surface area contributed by atoms with Crippen LogP contribution in [0.5, 0.6) is 0 Å². The van der Waals surface area contributed by atoms with Crippen molar-refractivity contribution in [3.63, 3.8) is 0 Å². The molecule has 2 aliphatic rings. The van der Waals surface area contributed by atoms with Gasteiger partial charge in [0.05, 0.1) is 24.7 Å². The fourth-order valence-corrected chi connectivity index (χ4v) is 2.63. The van der Waals surface area contributed by atoms with Gasteiger partial charge in [0.25, 0.3) is 0 Å². The Bertz CT molecular complexity index is 282. The average molecular weight is 279 g/mol. The summed E-state index contributed by atoms with van der Waals surface area (Å²) in [7, 11) is 0. The standard InChI is InChI=1S/C12H22N2O3.ClH/c1-12(3-2-4-13-9-12)11(16)14-5-6-17-10(7-14)8-15;/h10,13,15H,2-9H2,1H3;1H. The van der Waals surface area contributed by atoms with Gasteiger partial charge in [0, 0.05) is 19.6 Å². The first-order valence-corrected chi connectivity index (χ1v) is 6.38. The molecule has 0 aromatic heterocycles. The van der Waals surface area contributed by atoms with E-state index in [1.165, 1.54) is 0 Å². The quantitative estimate of drug-likeness (QED) is 0.748. The summed E-state index contributed by atoms with van der Waals surface area (Å²) in [5, 5.41) is 12.4. The van der Waals surface area contributed by atoms with E-state index in [4.69, 9.17) is 9.84 Å². The maximum Gasteiger partial charge on any atom is 0.229 e. The second-order valence-corrected chi connectivity index (χ2v) is 5.27. The van der Waals surface area contributed by atoms with Crippen LogP contribution in [-0.4, -0.2) is 61.4 Å². The van der Waals surface area contributed by atoms with Gasteiger partial charge in [-0.3, -0.25) is 4.79 Å². The number of morpholine rings is 1. The third-order valence-electron chi connectivity index (χ3n) is 3.74. The van der Waals surface area contributed by atoms with Crippen LogP contribution in [0.2, 0.25) is 0 Å². The number of nitrogens with one attached hydrogen (secondary N) is 1. The summed E-state index contributed by atoms with van der Waals surface area (Å²) in [6.45, 7) is 5.47. The molecule has 0 aromatic carbocycles. The zero-order valence-electron chi connectivity index (χ0n) is 10.9. The normalized spacial score (nSPS) is 32.8. The summed E-state index contributed by atoms with van der Waals surface area (Å²) >= 11 is 0. The van der Waals surface area contributed by atoms with Crippen LogP contribution < -0.4 is 5.32 Å². The minimum Gasteiger partial charge on any atom is -0.394 e. The van der Waals surface area contributed by atoms with Crippen molar-refractivity contribution < 1.29 is 14.6 Å². The summed E-state index contributed by atoms with van der Waals surface area (Å²) in [4.78, 5) is 14.3. The highest BCUT2D eigenvalue weighted by molar-refractivity contribution is 5.85. The Hall–Kier alpha value is -0.360. The molecule has 1 amide bonds. The van der Waals surface area contributed by atoms with Gasteiger partial charge in [-0.15, -0.1) is 12.4 Å². The largest absolute Gasteiger partial charge is 0.394 e. The van der Waals surface area contributed by atoms with Gasteiger partial charge in [-0.1, -0.05) is 0 Å². The number of nitrogens with zero attached hydrogens (tertiary/aromatic N) is 1. The van der Waals surface area contributed by atoms with Crippen LogP contribution >= 0.6 is 12.4 Å². The molecule has 2 unspecified atom stereocenters. The Morgan fingerprint density at radius 1 is 1.61 bits per heavy atom. The number of hydrogen-bond donors (Lipinski definition) is 2. The topological polar surface area (TPSA) is 61.8 Å². The lowest BCUT2D eigenvalue weighted by Gasteiger charge is -2.40. The molecule has 2 N–H and O–H groups in total. The molecule has 2 saturated heterocycles. The van der Waals surface area contributed by atoms with Gasteiger partial charge in [0.1, 0.15) is 0 Å². The summed E-state index contributed by atoms with van der Waals surface area (Å²) in [5.74, 6) is 0.200. The average Bonchev–Trinajstić information content (AvgIpc) is 2.39. The minimum absolute atomic E-state index is 0. The SMILES string of the molecule is CC1(C(=O)N2CCOC(CO)C2)CCCNC1.Cl. The Morgan fingerprint density at radius 2 is 2.39 bits per heavy atom. The molecular weight excluding hydrogens is 256 g/mol. The Kier molecular flexibility index (Phi) is 5.85. The van der Waals surface area contributed by atoms with E-state index >= 15 is 0 Å². The predicted octanol–water partition coefficient (Wildman–Crippen LogP) is 0.0176. The minimum atomic E-state index is -0.282. The molecule has 18 heavy (non-hydrogen) atoms. The lowest BCUT2D eigenvalue weighted by Crippen LogP contribution is -2.55. The van der Waals surface area contributed by atoms with Crippen LogP contribution in [0.3, 0.4) is 0 Å². The first-order valence-electron chi connectivity index (χ1n) is 6.38. The summed E-state index contributed by atoms with van der Waals surface area (Å²) in [5.41, 5.74) is -0.282. The highest BCUT2D eigenvalue weighted by Crippen LogP contribution is 2.28. The number of carbonyl (C=O) groups excluding carboxylic acids is 1. The first-order chi connectivity index (χ1) is 8.15.